The summed E-state index contributed by atoms with van der Waals surface area (Å²) in [4.78, 5) is 1.27. The minimum Gasteiger partial charge on any atom is -0.323 e. The van der Waals surface area contributed by atoms with Gasteiger partial charge in [-0.25, -0.2) is 0 Å². The van der Waals surface area contributed by atoms with Crippen LogP contribution in [0.25, 0.3) is 0 Å². The molecular weight excluding hydrogens is 248 g/mol. The lowest BCUT2D eigenvalue weighted by Crippen LogP contribution is -2.13. The van der Waals surface area contributed by atoms with Crippen molar-refractivity contribution >= 4 is 27.3 Å². The largest absolute Gasteiger partial charge is 0.323 e. The average Bonchev–Trinajstić information content (AvgIpc) is 2.52. The van der Waals surface area contributed by atoms with E-state index in [9.17, 15) is 0 Å². The van der Waals surface area contributed by atoms with Crippen LogP contribution in [0.3, 0.4) is 0 Å². The van der Waals surface area contributed by atoms with Crippen molar-refractivity contribution in [1.29, 1.82) is 0 Å². The second kappa shape index (κ2) is 5.75. The van der Waals surface area contributed by atoms with E-state index in [1.807, 2.05) is 7.05 Å². The van der Waals surface area contributed by atoms with Crippen LogP contribution in [0, 0.1) is 0 Å². The fraction of sp³-hybridized carbons (Fsp3) is 0.556. The summed E-state index contributed by atoms with van der Waals surface area (Å²) in [6, 6.07) is 2.30. The topological polar surface area (TPSA) is 38.0 Å². The zero-order chi connectivity index (χ0) is 9.68. The molecule has 1 aromatic rings. The quantitative estimate of drug-likeness (QED) is 0.801. The van der Waals surface area contributed by atoms with Crippen molar-refractivity contribution in [3.05, 3.63) is 20.8 Å². The lowest BCUT2D eigenvalue weighted by Gasteiger charge is -2.08. The van der Waals surface area contributed by atoms with Crippen molar-refractivity contribution in [2.45, 2.75) is 18.9 Å². The van der Waals surface area contributed by atoms with Crippen LogP contribution in [0.1, 0.15) is 23.8 Å². The van der Waals surface area contributed by atoms with E-state index < -0.39 is 0 Å². The van der Waals surface area contributed by atoms with E-state index >= 15 is 0 Å². The van der Waals surface area contributed by atoms with Gasteiger partial charge in [0, 0.05) is 20.8 Å². The van der Waals surface area contributed by atoms with Crippen molar-refractivity contribution in [1.82, 2.24) is 5.32 Å². The van der Waals surface area contributed by atoms with E-state index in [1.165, 1.54) is 4.88 Å². The number of thiophene rings is 1. The molecule has 2 nitrogen and oxygen atoms in total. The van der Waals surface area contributed by atoms with Crippen LogP contribution < -0.4 is 11.1 Å². The van der Waals surface area contributed by atoms with Crippen molar-refractivity contribution < 1.29 is 0 Å². The van der Waals surface area contributed by atoms with Gasteiger partial charge in [-0.1, -0.05) is 0 Å². The maximum Gasteiger partial charge on any atom is 0.0390 e. The van der Waals surface area contributed by atoms with E-state index in [1.54, 1.807) is 11.3 Å². The highest BCUT2D eigenvalue weighted by Gasteiger charge is 2.07. The molecule has 1 heterocycles. The molecule has 13 heavy (non-hydrogen) atoms. The smallest absolute Gasteiger partial charge is 0.0390 e. The molecule has 0 saturated heterocycles. The maximum atomic E-state index is 6.01. The standard InChI is InChI=1S/C9H15BrN2S/c1-12-4-2-3-8(11)9-5-7(10)6-13-9/h5-6,8,12H,2-4,11H2,1H3. The van der Waals surface area contributed by atoms with E-state index in [-0.39, 0.29) is 6.04 Å². The van der Waals surface area contributed by atoms with Gasteiger partial charge in [-0.3, -0.25) is 0 Å². The van der Waals surface area contributed by atoms with Gasteiger partial charge in [-0.2, -0.15) is 0 Å². The number of nitrogens with one attached hydrogen (secondary N) is 1. The second-order valence-electron chi connectivity index (χ2n) is 3.02. The third-order valence-electron chi connectivity index (χ3n) is 1.90. The van der Waals surface area contributed by atoms with Crippen LogP contribution in [0.4, 0.5) is 0 Å². The molecule has 0 bridgehead atoms. The fourth-order valence-corrected chi connectivity index (χ4v) is 2.65. The number of nitrogens with two attached hydrogens (primary N) is 1. The van der Waals surface area contributed by atoms with Crippen molar-refractivity contribution in [3.8, 4) is 0 Å². The van der Waals surface area contributed by atoms with Gasteiger partial charge in [-0.05, 0) is 48.4 Å². The normalized spacial score (nSPS) is 13.2. The first-order valence-electron chi connectivity index (χ1n) is 4.38. The summed E-state index contributed by atoms with van der Waals surface area (Å²) in [5, 5.41) is 5.19. The number of hydrogen-bond donors (Lipinski definition) is 2. The second-order valence-corrected chi connectivity index (χ2v) is 4.88. The fourth-order valence-electron chi connectivity index (χ4n) is 1.16. The summed E-state index contributed by atoms with van der Waals surface area (Å²) in [6.45, 7) is 1.04. The molecular formula is C9H15BrN2S. The average molecular weight is 263 g/mol. The Kier molecular flexibility index (Phi) is 4.94. The molecule has 0 amide bonds. The van der Waals surface area contributed by atoms with Crippen LogP contribution in [0.2, 0.25) is 0 Å². The number of halogens is 1. The maximum absolute atomic E-state index is 6.01. The van der Waals surface area contributed by atoms with E-state index in [0.717, 1.165) is 23.9 Å². The van der Waals surface area contributed by atoms with Crippen LogP contribution in [-0.2, 0) is 0 Å². The number of rotatable bonds is 5. The van der Waals surface area contributed by atoms with Crippen molar-refractivity contribution in [2.75, 3.05) is 13.6 Å². The van der Waals surface area contributed by atoms with Crippen LogP contribution in [-0.4, -0.2) is 13.6 Å². The Morgan fingerprint density at radius 2 is 2.46 bits per heavy atom. The molecule has 0 radical (unpaired) electrons. The molecule has 4 heteroatoms. The van der Waals surface area contributed by atoms with E-state index in [0.29, 0.717) is 0 Å². The van der Waals surface area contributed by atoms with Gasteiger partial charge < -0.3 is 11.1 Å². The third kappa shape index (κ3) is 3.77. The summed E-state index contributed by atoms with van der Waals surface area (Å²) < 4.78 is 1.14. The molecule has 74 valence electrons. The van der Waals surface area contributed by atoms with Gasteiger partial charge in [0.2, 0.25) is 0 Å². The SMILES string of the molecule is CNCCCC(N)c1cc(Br)cs1. The lowest BCUT2D eigenvalue weighted by atomic mass is 10.1. The lowest BCUT2D eigenvalue weighted by molar-refractivity contribution is 0.597. The van der Waals surface area contributed by atoms with Gasteiger partial charge in [0.05, 0.1) is 0 Å². The first-order chi connectivity index (χ1) is 6.24. The molecule has 3 N–H and O–H groups in total. The van der Waals surface area contributed by atoms with Crippen LogP contribution >= 0.6 is 27.3 Å². The highest BCUT2D eigenvalue weighted by Crippen LogP contribution is 2.26. The highest BCUT2D eigenvalue weighted by molar-refractivity contribution is 9.10. The van der Waals surface area contributed by atoms with Gasteiger partial charge >= 0.3 is 0 Å². The Balaban J connectivity index is 2.35. The minimum absolute atomic E-state index is 0.199. The van der Waals surface area contributed by atoms with Gasteiger partial charge in [0.15, 0.2) is 0 Å². The summed E-state index contributed by atoms with van der Waals surface area (Å²) in [5.41, 5.74) is 6.01. The van der Waals surface area contributed by atoms with Gasteiger partial charge in [0.25, 0.3) is 0 Å². The Bertz CT molecular complexity index is 250. The summed E-state index contributed by atoms with van der Waals surface area (Å²) in [5.74, 6) is 0. The first kappa shape index (κ1) is 11.2. The molecule has 0 aliphatic carbocycles. The number of hydrogen-bond acceptors (Lipinski definition) is 3. The van der Waals surface area contributed by atoms with E-state index in [4.69, 9.17) is 5.73 Å². The predicted molar refractivity (Wildman–Crippen MR) is 62.1 cm³/mol. The monoisotopic (exact) mass is 262 g/mol. The van der Waals surface area contributed by atoms with Crippen molar-refractivity contribution in [2.24, 2.45) is 5.73 Å². The van der Waals surface area contributed by atoms with Crippen LogP contribution in [0.5, 0.6) is 0 Å². The Morgan fingerprint density at radius 1 is 1.69 bits per heavy atom. The molecule has 1 unspecified atom stereocenters. The highest BCUT2D eigenvalue weighted by atomic mass is 79.9. The molecule has 0 spiro atoms. The molecule has 1 rings (SSSR count). The zero-order valence-corrected chi connectivity index (χ0v) is 10.1. The predicted octanol–water partition coefficient (Wildman–Crippen LogP) is 2.51. The van der Waals surface area contributed by atoms with Gasteiger partial charge in [0.1, 0.15) is 0 Å². The molecule has 0 aromatic carbocycles. The summed E-state index contributed by atoms with van der Waals surface area (Å²) in [7, 11) is 1.97. The van der Waals surface area contributed by atoms with Crippen LogP contribution in [0.15, 0.2) is 15.9 Å². The zero-order valence-electron chi connectivity index (χ0n) is 7.72. The molecule has 0 fully saturated rings. The van der Waals surface area contributed by atoms with Crippen molar-refractivity contribution in [3.63, 3.8) is 0 Å². The molecule has 1 atom stereocenters. The minimum atomic E-state index is 0.199. The summed E-state index contributed by atoms with van der Waals surface area (Å²) >= 11 is 5.15. The van der Waals surface area contributed by atoms with E-state index in [2.05, 4.69) is 32.7 Å². The molecule has 1 aromatic heterocycles. The Hall–Kier alpha value is 0.1000. The van der Waals surface area contributed by atoms with Gasteiger partial charge in [-0.15, -0.1) is 11.3 Å². The first-order valence-corrected chi connectivity index (χ1v) is 6.05. The summed E-state index contributed by atoms with van der Waals surface area (Å²) in [6.07, 6.45) is 2.18. The molecule has 0 saturated carbocycles. The Morgan fingerprint density at radius 3 is 3.00 bits per heavy atom. The molecule has 0 aliphatic heterocycles. The molecule has 0 aliphatic rings. The Labute approximate surface area is 91.7 Å². The third-order valence-corrected chi connectivity index (χ3v) is 3.72.